The lowest BCUT2D eigenvalue weighted by Crippen LogP contribution is -2.54. The van der Waals surface area contributed by atoms with Gasteiger partial charge in [0.1, 0.15) is 29.8 Å². The summed E-state index contributed by atoms with van der Waals surface area (Å²) in [5.74, 6) is 0.741. The van der Waals surface area contributed by atoms with Gasteiger partial charge in [-0.2, -0.15) is 0 Å². The highest BCUT2D eigenvalue weighted by Crippen LogP contribution is 2.27. The minimum atomic E-state index is -0.511. The van der Waals surface area contributed by atoms with Crippen molar-refractivity contribution in [3.05, 3.63) is 47.3 Å². The lowest BCUT2D eigenvalue weighted by atomic mass is 9.92. The zero-order chi connectivity index (χ0) is 17.9. The number of amides is 1. The van der Waals surface area contributed by atoms with Gasteiger partial charge in [-0.05, 0) is 44.4 Å². The average Bonchev–Trinajstić information content (AvgIpc) is 3.05. The van der Waals surface area contributed by atoms with Crippen LogP contribution in [0.5, 0.6) is 5.75 Å². The van der Waals surface area contributed by atoms with E-state index >= 15 is 0 Å². The molecule has 1 aromatic heterocycles. The fourth-order valence-electron chi connectivity index (χ4n) is 3.20. The monoisotopic (exact) mass is 344 g/mol. The predicted octanol–water partition coefficient (Wildman–Crippen LogP) is 2.99. The molecule has 2 aromatic rings. The molecule has 0 bridgehead atoms. The second kappa shape index (κ2) is 7.27. The number of piperidine rings is 1. The van der Waals surface area contributed by atoms with Gasteiger partial charge in [0.15, 0.2) is 0 Å². The smallest absolute Gasteiger partial charge is 0.259 e. The van der Waals surface area contributed by atoms with Crippen molar-refractivity contribution in [2.45, 2.75) is 32.3 Å². The molecule has 0 spiro atoms. The first kappa shape index (κ1) is 17.5. The van der Waals surface area contributed by atoms with Crippen LogP contribution in [-0.2, 0) is 4.74 Å². The van der Waals surface area contributed by atoms with Crippen LogP contribution in [0, 0.1) is 13.8 Å². The molecule has 1 saturated heterocycles. The van der Waals surface area contributed by atoms with Crippen LogP contribution in [0.4, 0.5) is 0 Å². The quantitative estimate of drug-likeness (QED) is 0.834. The lowest BCUT2D eigenvalue weighted by molar-refractivity contribution is -0.0825. The van der Waals surface area contributed by atoms with Crippen LogP contribution < -0.4 is 4.74 Å². The Balaban J connectivity index is 1.70. The molecule has 0 N–H and O–H groups in total. The van der Waals surface area contributed by atoms with E-state index in [0.717, 1.165) is 24.2 Å². The second-order valence-electron chi connectivity index (χ2n) is 6.64. The number of aromatic nitrogens is 1. The number of ether oxygens (including phenoxy) is 2. The van der Waals surface area contributed by atoms with E-state index in [9.17, 15) is 4.79 Å². The fourth-order valence-corrected chi connectivity index (χ4v) is 3.20. The molecule has 3 rings (SSSR count). The number of carbonyl (C=O) groups excluding carboxylic acids is 1. The van der Waals surface area contributed by atoms with E-state index in [0.29, 0.717) is 31.0 Å². The average molecular weight is 344 g/mol. The molecular weight excluding hydrogens is 320 g/mol. The van der Waals surface area contributed by atoms with Gasteiger partial charge in [-0.15, -0.1) is 0 Å². The summed E-state index contributed by atoms with van der Waals surface area (Å²) in [6.45, 7) is 5.38. The van der Waals surface area contributed by atoms with Gasteiger partial charge >= 0.3 is 0 Å². The molecule has 6 heteroatoms. The molecule has 0 saturated carbocycles. The molecule has 134 valence electrons. The minimum Gasteiger partial charge on any atom is -0.491 e. The Morgan fingerprint density at radius 1 is 1.40 bits per heavy atom. The van der Waals surface area contributed by atoms with Gasteiger partial charge in [-0.25, -0.2) is 0 Å². The molecule has 1 fully saturated rings. The topological polar surface area (TPSA) is 64.8 Å². The summed E-state index contributed by atoms with van der Waals surface area (Å²) < 4.78 is 16.7. The molecule has 2 heterocycles. The first-order valence-electron chi connectivity index (χ1n) is 8.48. The van der Waals surface area contributed by atoms with Gasteiger partial charge in [-0.3, -0.25) is 4.79 Å². The molecule has 6 nitrogen and oxygen atoms in total. The van der Waals surface area contributed by atoms with Crippen LogP contribution in [0.3, 0.4) is 0 Å². The van der Waals surface area contributed by atoms with Crippen molar-refractivity contribution < 1.29 is 18.8 Å². The SMILES string of the molecule is CO[C@@]1(COc2cccc(C)c2)CCCN(C(=O)c2conc2C)C1. The third kappa shape index (κ3) is 3.85. The van der Waals surface area contributed by atoms with Crippen LogP contribution in [0.1, 0.15) is 34.5 Å². The van der Waals surface area contributed by atoms with E-state index in [-0.39, 0.29) is 5.91 Å². The van der Waals surface area contributed by atoms with Crippen LogP contribution in [-0.4, -0.2) is 48.4 Å². The van der Waals surface area contributed by atoms with E-state index in [4.69, 9.17) is 14.0 Å². The Kier molecular flexibility index (Phi) is 5.08. The molecule has 0 aliphatic carbocycles. The van der Waals surface area contributed by atoms with Crippen LogP contribution in [0.2, 0.25) is 0 Å². The van der Waals surface area contributed by atoms with Crippen molar-refractivity contribution in [3.8, 4) is 5.75 Å². The normalized spacial score (nSPS) is 20.5. The summed E-state index contributed by atoms with van der Waals surface area (Å²) in [5, 5.41) is 3.79. The maximum Gasteiger partial charge on any atom is 0.259 e. The zero-order valence-corrected chi connectivity index (χ0v) is 14.9. The number of likely N-dealkylation sites (tertiary alicyclic amines) is 1. The minimum absolute atomic E-state index is 0.0737. The number of nitrogens with zero attached hydrogens (tertiary/aromatic N) is 2. The number of benzene rings is 1. The largest absolute Gasteiger partial charge is 0.491 e. The Bertz CT molecular complexity index is 743. The molecule has 25 heavy (non-hydrogen) atoms. The highest BCUT2D eigenvalue weighted by molar-refractivity contribution is 5.94. The van der Waals surface area contributed by atoms with Gasteiger partial charge in [-0.1, -0.05) is 17.3 Å². The highest BCUT2D eigenvalue weighted by atomic mass is 16.5. The molecular formula is C19H24N2O4. The Morgan fingerprint density at radius 3 is 2.92 bits per heavy atom. The third-order valence-corrected chi connectivity index (χ3v) is 4.73. The van der Waals surface area contributed by atoms with Crippen molar-refractivity contribution in [2.24, 2.45) is 0 Å². The van der Waals surface area contributed by atoms with E-state index in [1.807, 2.05) is 31.2 Å². The zero-order valence-electron chi connectivity index (χ0n) is 14.9. The molecule has 1 aliphatic heterocycles. The first-order chi connectivity index (χ1) is 12.0. The Morgan fingerprint density at radius 2 is 2.24 bits per heavy atom. The van der Waals surface area contributed by atoms with Crippen LogP contribution in [0.25, 0.3) is 0 Å². The van der Waals surface area contributed by atoms with Crippen molar-refractivity contribution in [1.82, 2.24) is 10.1 Å². The summed E-state index contributed by atoms with van der Waals surface area (Å²) in [7, 11) is 1.68. The summed E-state index contributed by atoms with van der Waals surface area (Å²) in [6.07, 6.45) is 3.12. The van der Waals surface area contributed by atoms with E-state index in [1.165, 1.54) is 6.26 Å². The maximum absolute atomic E-state index is 12.7. The van der Waals surface area contributed by atoms with Crippen molar-refractivity contribution in [3.63, 3.8) is 0 Å². The molecule has 0 unspecified atom stereocenters. The lowest BCUT2D eigenvalue weighted by Gasteiger charge is -2.41. The van der Waals surface area contributed by atoms with Gasteiger partial charge in [0.25, 0.3) is 5.91 Å². The first-order valence-corrected chi connectivity index (χ1v) is 8.48. The highest BCUT2D eigenvalue weighted by Gasteiger charge is 2.39. The van der Waals surface area contributed by atoms with Crippen molar-refractivity contribution >= 4 is 5.91 Å². The van der Waals surface area contributed by atoms with E-state index < -0.39 is 5.60 Å². The molecule has 0 radical (unpaired) electrons. The number of carbonyl (C=O) groups is 1. The van der Waals surface area contributed by atoms with Gasteiger partial charge in [0, 0.05) is 13.7 Å². The maximum atomic E-state index is 12.7. The number of methoxy groups -OCH3 is 1. The van der Waals surface area contributed by atoms with Crippen LogP contribution in [0.15, 0.2) is 35.1 Å². The third-order valence-electron chi connectivity index (χ3n) is 4.73. The van der Waals surface area contributed by atoms with Crippen molar-refractivity contribution in [1.29, 1.82) is 0 Å². The summed E-state index contributed by atoms with van der Waals surface area (Å²) >= 11 is 0. The van der Waals surface area contributed by atoms with Crippen LogP contribution >= 0.6 is 0 Å². The van der Waals surface area contributed by atoms with E-state index in [1.54, 1.807) is 18.9 Å². The Labute approximate surface area is 147 Å². The number of rotatable bonds is 5. The van der Waals surface area contributed by atoms with Crippen molar-refractivity contribution in [2.75, 3.05) is 26.8 Å². The molecule has 1 aromatic carbocycles. The predicted molar refractivity (Wildman–Crippen MR) is 92.8 cm³/mol. The Hall–Kier alpha value is -2.34. The van der Waals surface area contributed by atoms with E-state index in [2.05, 4.69) is 5.16 Å². The second-order valence-corrected chi connectivity index (χ2v) is 6.64. The number of hydrogen-bond acceptors (Lipinski definition) is 5. The summed E-state index contributed by atoms with van der Waals surface area (Å²) in [6, 6.07) is 7.93. The van der Waals surface area contributed by atoms with Gasteiger partial charge < -0.3 is 18.9 Å². The summed E-state index contributed by atoms with van der Waals surface area (Å²) in [5.41, 5.74) is 1.75. The fraction of sp³-hybridized carbons (Fsp3) is 0.474. The molecule has 1 amide bonds. The molecule has 1 aliphatic rings. The summed E-state index contributed by atoms with van der Waals surface area (Å²) in [4.78, 5) is 14.5. The number of aryl methyl sites for hydroxylation is 2. The number of hydrogen-bond donors (Lipinski definition) is 0. The molecule has 1 atom stereocenters. The van der Waals surface area contributed by atoms with Gasteiger partial charge in [0.2, 0.25) is 0 Å². The standard InChI is InChI=1S/C19H24N2O4/c1-14-6-4-7-16(10-14)24-13-19(23-3)8-5-9-21(12-19)18(22)17-11-25-20-15(17)2/h4,6-7,10-11H,5,8-9,12-13H2,1-3H3/t19-/m0/s1. The van der Waals surface area contributed by atoms with Gasteiger partial charge in [0.05, 0.1) is 12.2 Å².